The first-order chi connectivity index (χ1) is 22.4. The van der Waals surface area contributed by atoms with E-state index in [1.54, 1.807) is 17.4 Å². The van der Waals surface area contributed by atoms with Gasteiger partial charge in [0, 0.05) is 37.2 Å². The predicted octanol–water partition coefficient (Wildman–Crippen LogP) is 11.5. The number of thiophene rings is 1. The van der Waals surface area contributed by atoms with Crippen LogP contribution in [0, 0.1) is 29.3 Å². The molecule has 1 fully saturated rings. The fourth-order valence-corrected chi connectivity index (χ4v) is 9.35. The van der Waals surface area contributed by atoms with Crippen LogP contribution in [0.15, 0.2) is 85.2 Å². The Kier molecular flexibility index (Phi) is 11.5. The molecule has 6 aromatic rings. The zero-order chi connectivity index (χ0) is 33.2. The monoisotopic (exact) mass is 849 g/mol. The van der Waals surface area contributed by atoms with Crippen LogP contribution in [0.25, 0.3) is 42.7 Å². The van der Waals surface area contributed by atoms with Crippen LogP contribution >= 0.6 is 11.3 Å². The standard InChI is InChI=1S/C23H19FNS.C19H26NSi.Ir/c24-18-6-8-23-20(14-18)19-13-17(5-7-22(19)26-23)21-12-16(9-10-25-21)11-15-3-1-2-4-15;1-19(2,3)13-16-12-17(15-10-8-7-9-11-15)20-14-18(16)21(4,5)6;/h6-10,12-15H,1-4,11H2;7-10,12,14H,13H2,1-6H3;/q2*-1;. The maximum Gasteiger partial charge on any atom is 0.123 e. The SMILES string of the molecule is CC(C)(C)Cc1cc(-c2[c-]cccc2)ncc1[Si](C)(C)C.Fc1ccc2sc3c[c-]c(-c4cc(CC5CCCC5)ccn4)cc3c2c1.[Ir]. The minimum absolute atomic E-state index is 0. The van der Waals surface area contributed by atoms with E-state index >= 15 is 0 Å². The zero-order valence-corrected chi connectivity index (χ0v) is 33.1. The molecule has 2 nitrogen and oxygen atoms in total. The molecule has 0 bridgehead atoms. The molecule has 0 spiro atoms. The maximum atomic E-state index is 13.7. The first-order valence-corrected chi connectivity index (χ1v) is 21.2. The van der Waals surface area contributed by atoms with Gasteiger partial charge in [-0.3, -0.25) is 0 Å². The molecule has 1 saturated carbocycles. The van der Waals surface area contributed by atoms with E-state index in [1.165, 1.54) is 48.1 Å². The molecule has 0 aliphatic heterocycles. The first-order valence-electron chi connectivity index (χ1n) is 16.9. The summed E-state index contributed by atoms with van der Waals surface area (Å²) in [5, 5.41) is 3.54. The van der Waals surface area contributed by atoms with Crippen molar-refractivity contribution < 1.29 is 24.5 Å². The molecular weight excluding hydrogens is 804 g/mol. The molecule has 0 N–H and O–H groups in total. The minimum Gasteiger partial charge on any atom is -0.305 e. The third-order valence-corrected chi connectivity index (χ3v) is 12.2. The van der Waals surface area contributed by atoms with Crippen LogP contribution < -0.4 is 5.19 Å². The normalized spacial score (nSPS) is 13.7. The van der Waals surface area contributed by atoms with E-state index in [2.05, 4.69) is 94.1 Å². The van der Waals surface area contributed by atoms with E-state index < -0.39 is 8.07 Å². The van der Waals surface area contributed by atoms with Crippen LogP contribution in [0.1, 0.15) is 57.6 Å². The van der Waals surface area contributed by atoms with Gasteiger partial charge >= 0.3 is 0 Å². The Hall–Kier alpha value is -3.02. The minimum atomic E-state index is -1.37. The summed E-state index contributed by atoms with van der Waals surface area (Å²) in [6, 6.07) is 30.5. The van der Waals surface area contributed by atoms with Gasteiger partial charge in [-0.05, 0) is 75.1 Å². The van der Waals surface area contributed by atoms with Gasteiger partial charge in [0.05, 0.1) is 8.07 Å². The molecule has 0 saturated heterocycles. The van der Waals surface area contributed by atoms with Gasteiger partial charge in [0.15, 0.2) is 0 Å². The molecule has 3 aromatic carbocycles. The summed E-state index contributed by atoms with van der Waals surface area (Å²) in [7, 11) is -1.37. The molecule has 6 heteroatoms. The molecule has 0 unspecified atom stereocenters. The van der Waals surface area contributed by atoms with E-state index in [0.717, 1.165) is 61.4 Å². The molecule has 0 amide bonds. The average Bonchev–Trinajstić information content (AvgIpc) is 3.68. The molecule has 251 valence electrons. The molecule has 1 radical (unpaired) electrons. The van der Waals surface area contributed by atoms with E-state index in [-0.39, 0.29) is 31.3 Å². The molecule has 1 aliphatic carbocycles. The van der Waals surface area contributed by atoms with Gasteiger partial charge in [0.2, 0.25) is 0 Å². The van der Waals surface area contributed by atoms with Crippen molar-refractivity contribution in [3.63, 3.8) is 0 Å². The van der Waals surface area contributed by atoms with E-state index in [0.29, 0.717) is 0 Å². The number of aromatic nitrogens is 2. The molecule has 48 heavy (non-hydrogen) atoms. The van der Waals surface area contributed by atoms with Gasteiger partial charge in [-0.2, -0.15) is 11.3 Å². The fourth-order valence-electron chi connectivity index (χ4n) is 6.73. The molecular formula is C42H45FIrN2SSi-2. The summed E-state index contributed by atoms with van der Waals surface area (Å²) < 4.78 is 15.9. The van der Waals surface area contributed by atoms with Crippen molar-refractivity contribution in [3.05, 3.63) is 114 Å². The second kappa shape index (κ2) is 15.3. The number of halogens is 1. The van der Waals surface area contributed by atoms with Crippen molar-refractivity contribution in [2.75, 3.05) is 0 Å². The van der Waals surface area contributed by atoms with Gasteiger partial charge in [0.1, 0.15) is 5.82 Å². The summed E-state index contributed by atoms with van der Waals surface area (Å²) in [5.74, 6) is 0.628. The van der Waals surface area contributed by atoms with E-state index in [9.17, 15) is 4.39 Å². The zero-order valence-electron chi connectivity index (χ0n) is 28.9. The van der Waals surface area contributed by atoms with Gasteiger partial charge in [-0.25, -0.2) is 4.39 Å². The number of hydrogen-bond donors (Lipinski definition) is 0. The second-order valence-corrected chi connectivity index (χ2v) is 21.4. The molecule has 3 heterocycles. The van der Waals surface area contributed by atoms with Crippen molar-refractivity contribution in [2.45, 2.75) is 78.9 Å². The van der Waals surface area contributed by atoms with Crippen LogP contribution in [0.4, 0.5) is 4.39 Å². The van der Waals surface area contributed by atoms with Crippen molar-refractivity contribution in [2.24, 2.45) is 11.3 Å². The second-order valence-electron chi connectivity index (χ2n) is 15.3. The van der Waals surface area contributed by atoms with Gasteiger partial charge in [-0.1, -0.05) is 94.7 Å². The van der Waals surface area contributed by atoms with E-state index in [1.807, 2.05) is 36.5 Å². The van der Waals surface area contributed by atoms with Gasteiger partial charge in [-0.15, -0.1) is 59.7 Å². The predicted molar refractivity (Wildman–Crippen MR) is 202 cm³/mol. The summed E-state index contributed by atoms with van der Waals surface area (Å²) in [6.45, 7) is 14.1. The quantitative estimate of drug-likeness (QED) is 0.123. The van der Waals surface area contributed by atoms with Gasteiger partial charge < -0.3 is 9.97 Å². The summed E-state index contributed by atoms with van der Waals surface area (Å²) in [6.07, 6.45) is 11.7. The number of rotatable bonds is 6. The van der Waals surface area contributed by atoms with Crippen LogP contribution in [-0.4, -0.2) is 18.0 Å². The van der Waals surface area contributed by atoms with Crippen LogP contribution in [-0.2, 0) is 32.9 Å². The Balaban J connectivity index is 0.000000189. The van der Waals surface area contributed by atoms with Gasteiger partial charge in [0.25, 0.3) is 0 Å². The Morgan fingerprint density at radius 2 is 1.60 bits per heavy atom. The van der Waals surface area contributed by atoms with Crippen molar-refractivity contribution >= 4 is 44.8 Å². The number of hydrogen-bond acceptors (Lipinski definition) is 3. The summed E-state index contributed by atoms with van der Waals surface area (Å²) in [4.78, 5) is 9.28. The van der Waals surface area contributed by atoms with E-state index in [4.69, 9.17) is 4.98 Å². The van der Waals surface area contributed by atoms with Crippen molar-refractivity contribution in [3.8, 4) is 22.5 Å². The average molecular weight is 849 g/mol. The Labute approximate surface area is 304 Å². The summed E-state index contributed by atoms with van der Waals surface area (Å²) >= 11 is 1.68. The van der Waals surface area contributed by atoms with Crippen LogP contribution in [0.3, 0.4) is 0 Å². The molecule has 7 rings (SSSR count). The van der Waals surface area contributed by atoms with Crippen LogP contribution in [0.5, 0.6) is 0 Å². The Morgan fingerprint density at radius 3 is 2.31 bits per heavy atom. The third kappa shape index (κ3) is 8.95. The van der Waals surface area contributed by atoms with Crippen molar-refractivity contribution in [1.29, 1.82) is 0 Å². The maximum absolute atomic E-state index is 13.7. The largest absolute Gasteiger partial charge is 0.305 e. The summed E-state index contributed by atoms with van der Waals surface area (Å²) in [5.41, 5.74) is 7.16. The molecule has 0 atom stereocenters. The Bertz CT molecular complexity index is 1990. The molecule has 1 aliphatic rings. The number of pyridine rings is 2. The van der Waals surface area contributed by atoms with Crippen LogP contribution in [0.2, 0.25) is 19.6 Å². The fraction of sp³-hybridized carbons (Fsp3) is 0.333. The third-order valence-electron chi connectivity index (χ3n) is 8.97. The number of benzene rings is 3. The first kappa shape index (κ1) is 36.3. The number of fused-ring (bicyclic) bond motifs is 3. The Morgan fingerprint density at radius 1 is 0.854 bits per heavy atom. The smallest absolute Gasteiger partial charge is 0.123 e. The topological polar surface area (TPSA) is 25.8 Å². The number of nitrogens with zero attached hydrogens (tertiary/aromatic N) is 2. The molecule has 3 aromatic heterocycles. The van der Waals surface area contributed by atoms with Crippen molar-refractivity contribution in [1.82, 2.24) is 9.97 Å².